The minimum Gasteiger partial charge on any atom is -0.313 e. The van der Waals surface area contributed by atoms with E-state index in [0.717, 1.165) is 17.9 Å². The van der Waals surface area contributed by atoms with Gasteiger partial charge in [0.05, 0.1) is 0 Å². The minimum atomic E-state index is 0.538. The van der Waals surface area contributed by atoms with Gasteiger partial charge in [0.25, 0.3) is 0 Å². The van der Waals surface area contributed by atoms with Crippen molar-refractivity contribution in [1.82, 2.24) is 10.2 Å². The van der Waals surface area contributed by atoms with E-state index >= 15 is 0 Å². The van der Waals surface area contributed by atoms with Crippen LogP contribution < -0.4 is 5.32 Å². The first kappa shape index (κ1) is 16.3. The van der Waals surface area contributed by atoms with Crippen LogP contribution in [0.5, 0.6) is 0 Å². The average molecular weight is 280 g/mol. The van der Waals surface area contributed by atoms with E-state index in [9.17, 15) is 0 Å². The standard InChI is InChI=1S/C18H36N2/c1-15(2)16-6-5-7-17(9-8-16)19-14-18(3)10-12-20(4)13-11-18/h15-17,19H,5-14H2,1-4H3. The van der Waals surface area contributed by atoms with E-state index in [-0.39, 0.29) is 0 Å². The van der Waals surface area contributed by atoms with Gasteiger partial charge in [-0.25, -0.2) is 0 Å². The molecular weight excluding hydrogens is 244 g/mol. The predicted molar refractivity (Wildman–Crippen MR) is 88.0 cm³/mol. The van der Waals surface area contributed by atoms with Crippen molar-refractivity contribution < 1.29 is 0 Å². The highest BCUT2D eigenvalue weighted by molar-refractivity contribution is 4.85. The number of rotatable bonds is 4. The van der Waals surface area contributed by atoms with Gasteiger partial charge in [-0.05, 0) is 69.5 Å². The molecule has 0 amide bonds. The molecule has 2 heteroatoms. The van der Waals surface area contributed by atoms with Gasteiger partial charge < -0.3 is 10.2 Å². The zero-order chi connectivity index (χ0) is 14.6. The number of nitrogens with zero attached hydrogens (tertiary/aromatic N) is 1. The van der Waals surface area contributed by atoms with Gasteiger partial charge in [-0.15, -0.1) is 0 Å². The van der Waals surface area contributed by atoms with Gasteiger partial charge >= 0.3 is 0 Å². The van der Waals surface area contributed by atoms with Crippen molar-refractivity contribution in [2.24, 2.45) is 17.3 Å². The van der Waals surface area contributed by atoms with Crippen molar-refractivity contribution in [1.29, 1.82) is 0 Å². The molecule has 0 spiro atoms. The fourth-order valence-corrected chi connectivity index (χ4v) is 3.93. The first-order valence-corrected chi connectivity index (χ1v) is 8.90. The molecule has 2 aliphatic rings. The van der Waals surface area contributed by atoms with Crippen molar-refractivity contribution in [2.45, 2.75) is 71.8 Å². The summed E-state index contributed by atoms with van der Waals surface area (Å²) in [4.78, 5) is 2.47. The van der Waals surface area contributed by atoms with E-state index in [2.05, 4.69) is 38.0 Å². The van der Waals surface area contributed by atoms with Crippen molar-refractivity contribution in [3.05, 3.63) is 0 Å². The summed E-state index contributed by atoms with van der Waals surface area (Å²) in [5.74, 6) is 1.85. The molecule has 1 aliphatic carbocycles. The van der Waals surface area contributed by atoms with E-state index in [4.69, 9.17) is 0 Å². The van der Waals surface area contributed by atoms with E-state index in [0.29, 0.717) is 5.41 Å². The number of piperidine rings is 1. The van der Waals surface area contributed by atoms with Gasteiger partial charge in [0.1, 0.15) is 0 Å². The van der Waals surface area contributed by atoms with E-state index in [1.165, 1.54) is 64.6 Å². The highest BCUT2D eigenvalue weighted by Gasteiger charge is 2.29. The molecule has 2 rings (SSSR count). The van der Waals surface area contributed by atoms with Gasteiger partial charge in [-0.2, -0.15) is 0 Å². The van der Waals surface area contributed by atoms with Gasteiger partial charge in [0, 0.05) is 12.6 Å². The van der Waals surface area contributed by atoms with Crippen LogP contribution in [-0.2, 0) is 0 Å². The van der Waals surface area contributed by atoms with Crippen molar-refractivity contribution >= 4 is 0 Å². The molecule has 1 aliphatic heterocycles. The minimum absolute atomic E-state index is 0.538. The maximum Gasteiger partial charge on any atom is 0.00673 e. The van der Waals surface area contributed by atoms with Gasteiger partial charge in [0.15, 0.2) is 0 Å². The van der Waals surface area contributed by atoms with Crippen molar-refractivity contribution in [3.8, 4) is 0 Å². The molecule has 118 valence electrons. The molecule has 0 aromatic rings. The summed E-state index contributed by atoms with van der Waals surface area (Å²) < 4.78 is 0. The van der Waals surface area contributed by atoms with Crippen LogP contribution in [0.25, 0.3) is 0 Å². The summed E-state index contributed by atoms with van der Waals surface area (Å²) in [5.41, 5.74) is 0.538. The second-order valence-electron chi connectivity index (χ2n) is 8.20. The zero-order valence-electron chi connectivity index (χ0n) is 14.3. The van der Waals surface area contributed by atoms with Crippen LogP contribution in [0.1, 0.15) is 65.7 Å². The summed E-state index contributed by atoms with van der Waals surface area (Å²) in [5, 5.41) is 3.93. The first-order valence-electron chi connectivity index (χ1n) is 8.90. The lowest BCUT2D eigenvalue weighted by Crippen LogP contribution is -2.44. The summed E-state index contributed by atoms with van der Waals surface area (Å²) in [7, 11) is 2.25. The summed E-state index contributed by atoms with van der Waals surface area (Å²) in [6, 6.07) is 0.787. The molecule has 2 nitrogen and oxygen atoms in total. The Hall–Kier alpha value is -0.0800. The Morgan fingerprint density at radius 1 is 1.10 bits per heavy atom. The summed E-state index contributed by atoms with van der Waals surface area (Å²) in [6.07, 6.45) is 9.85. The average Bonchev–Trinajstić information content (AvgIpc) is 2.66. The maximum absolute atomic E-state index is 3.93. The van der Waals surface area contributed by atoms with Crippen LogP contribution in [0.4, 0.5) is 0 Å². The molecule has 1 heterocycles. The largest absolute Gasteiger partial charge is 0.313 e. The summed E-state index contributed by atoms with van der Waals surface area (Å²) >= 11 is 0. The lowest BCUT2D eigenvalue weighted by molar-refractivity contribution is 0.132. The quantitative estimate of drug-likeness (QED) is 0.785. The van der Waals surface area contributed by atoms with Crippen molar-refractivity contribution in [3.63, 3.8) is 0 Å². The predicted octanol–water partition coefficient (Wildman–Crippen LogP) is 3.91. The lowest BCUT2D eigenvalue weighted by Gasteiger charge is -2.39. The number of likely N-dealkylation sites (tertiary alicyclic amines) is 1. The van der Waals surface area contributed by atoms with Gasteiger partial charge in [-0.3, -0.25) is 0 Å². The van der Waals surface area contributed by atoms with E-state index in [1.54, 1.807) is 0 Å². The lowest BCUT2D eigenvalue weighted by atomic mass is 9.80. The molecule has 2 unspecified atom stereocenters. The second kappa shape index (κ2) is 7.26. The molecule has 2 fully saturated rings. The number of hydrogen-bond donors (Lipinski definition) is 1. The molecule has 1 saturated heterocycles. The molecule has 20 heavy (non-hydrogen) atoms. The second-order valence-corrected chi connectivity index (χ2v) is 8.20. The Morgan fingerprint density at radius 3 is 2.45 bits per heavy atom. The molecule has 2 atom stereocenters. The normalized spacial score (nSPS) is 32.2. The Morgan fingerprint density at radius 2 is 1.80 bits per heavy atom. The van der Waals surface area contributed by atoms with Crippen LogP contribution in [-0.4, -0.2) is 37.6 Å². The molecular formula is C18H36N2. The SMILES string of the molecule is CC(C)C1CCCC(NCC2(C)CCN(C)CC2)CC1. The Kier molecular flexibility index (Phi) is 5.92. The Bertz CT molecular complexity index is 279. The van der Waals surface area contributed by atoms with Crippen LogP contribution in [0.15, 0.2) is 0 Å². The van der Waals surface area contributed by atoms with Crippen LogP contribution in [0, 0.1) is 17.3 Å². The highest BCUT2D eigenvalue weighted by atomic mass is 15.1. The van der Waals surface area contributed by atoms with Crippen LogP contribution in [0.2, 0.25) is 0 Å². The molecule has 0 aromatic heterocycles. The molecule has 0 bridgehead atoms. The topological polar surface area (TPSA) is 15.3 Å². The molecule has 0 radical (unpaired) electrons. The van der Waals surface area contributed by atoms with E-state index < -0.39 is 0 Å². The molecule has 0 aromatic carbocycles. The van der Waals surface area contributed by atoms with Crippen LogP contribution >= 0.6 is 0 Å². The maximum atomic E-state index is 3.93. The Balaban J connectivity index is 1.74. The van der Waals surface area contributed by atoms with Crippen LogP contribution in [0.3, 0.4) is 0 Å². The third-order valence-electron chi connectivity index (χ3n) is 5.97. The van der Waals surface area contributed by atoms with Gasteiger partial charge in [-0.1, -0.05) is 33.6 Å². The first-order chi connectivity index (χ1) is 9.48. The van der Waals surface area contributed by atoms with Gasteiger partial charge in [0.2, 0.25) is 0 Å². The van der Waals surface area contributed by atoms with Crippen molar-refractivity contribution in [2.75, 3.05) is 26.7 Å². The third kappa shape index (κ3) is 4.73. The Labute approximate surface area is 126 Å². The number of nitrogens with one attached hydrogen (secondary N) is 1. The zero-order valence-corrected chi connectivity index (χ0v) is 14.3. The fourth-order valence-electron chi connectivity index (χ4n) is 3.93. The van der Waals surface area contributed by atoms with E-state index in [1.807, 2.05) is 0 Å². The smallest absolute Gasteiger partial charge is 0.00673 e. The molecule has 1 N–H and O–H groups in total. The highest BCUT2D eigenvalue weighted by Crippen LogP contribution is 2.32. The monoisotopic (exact) mass is 280 g/mol. The number of hydrogen-bond acceptors (Lipinski definition) is 2. The fraction of sp³-hybridized carbons (Fsp3) is 1.00. The third-order valence-corrected chi connectivity index (χ3v) is 5.97. The summed E-state index contributed by atoms with van der Waals surface area (Å²) in [6.45, 7) is 11.1. The molecule has 1 saturated carbocycles.